The second-order valence-corrected chi connectivity index (χ2v) is 4.30. The number of hydrogen-bond donors (Lipinski definition) is 0. The molecule has 0 aliphatic carbocycles. The van der Waals surface area contributed by atoms with Gasteiger partial charge in [-0.15, -0.1) is 0 Å². The molecule has 0 saturated heterocycles. The predicted octanol–water partition coefficient (Wildman–Crippen LogP) is 2.50. The Morgan fingerprint density at radius 2 is 2.16 bits per heavy atom. The Morgan fingerprint density at radius 1 is 1.47 bits per heavy atom. The Labute approximate surface area is 113 Å². The number of methoxy groups -OCH3 is 1. The maximum atomic E-state index is 13.6. The third kappa shape index (κ3) is 3.99. The average Bonchev–Trinajstić information content (AvgIpc) is 2.43. The molecule has 19 heavy (non-hydrogen) atoms. The van der Waals surface area contributed by atoms with Crippen LogP contribution in [0.15, 0.2) is 18.3 Å². The zero-order chi connectivity index (χ0) is 14.3. The van der Waals surface area contributed by atoms with E-state index < -0.39 is 5.95 Å². The van der Waals surface area contributed by atoms with Crippen molar-refractivity contribution in [3.05, 3.63) is 29.8 Å². The van der Waals surface area contributed by atoms with Crippen molar-refractivity contribution in [2.75, 3.05) is 20.3 Å². The van der Waals surface area contributed by atoms with E-state index in [1.807, 2.05) is 13.8 Å². The first-order valence-corrected chi connectivity index (χ1v) is 6.56. The quantitative estimate of drug-likeness (QED) is 0.714. The molecule has 0 fully saturated rings. The first-order chi connectivity index (χ1) is 9.15. The molecule has 0 radical (unpaired) electrons. The van der Waals surface area contributed by atoms with Crippen molar-refractivity contribution in [2.24, 2.45) is 0 Å². The van der Waals surface area contributed by atoms with Crippen molar-refractivity contribution in [1.29, 1.82) is 0 Å². The lowest BCUT2D eigenvalue weighted by Crippen LogP contribution is -2.42. The summed E-state index contributed by atoms with van der Waals surface area (Å²) in [7, 11) is 1.58. The number of rotatable bonds is 7. The van der Waals surface area contributed by atoms with Crippen molar-refractivity contribution >= 4 is 5.91 Å². The molecule has 4 nitrogen and oxygen atoms in total. The summed E-state index contributed by atoms with van der Waals surface area (Å²) in [6.45, 7) is 4.92. The number of halogens is 1. The van der Waals surface area contributed by atoms with Gasteiger partial charge in [-0.3, -0.25) is 4.79 Å². The van der Waals surface area contributed by atoms with Gasteiger partial charge in [0.1, 0.15) is 0 Å². The number of carbonyl (C=O) groups excluding carboxylic acids is 1. The largest absolute Gasteiger partial charge is 0.383 e. The van der Waals surface area contributed by atoms with E-state index >= 15 is 0 Å². The molecule has 0 aliphatic rings. The summed E-state index contributed by atoms with van der Waals surface area (Å²) in [6.07, 6.45) is 2.99. The van der Waals surface area contributed by atoms with E-state index in [9.17, 15) is 9.18 Å². The van der Waals surface area contributed by atoms with Crippen molar-refractivity contribution in [1.82, 2.24) is 9.88 Å². The lowest BCUT2D eigenvalue weighted by molar-refractivity contribution is 0.0584. The average molecular weight is 268 g/mol. The van der Waals surface area contributed by atoms with Gasteiger partial charge in [0, 0.05) is 25.9 Å². The van der Waals surface area contributed by atoms with E-state index in [1.54, 1.807) is 18.1 Å². The molecule has 1 aromatic heterocycles. The number of nitrogens with zero attached hydrogens (tertiary/aromatic N) is 2. The van der Waals surface area contributed by atoms with Gasteiger partial charge >= 0.3 is 0 Å². The van der Waals surface area contributed by atoms with Crippen LogP contribution in [0.3, 0.4) is 0 Å². The molecular formula is C14H21FN2O2. The molecule has 1 heterocycles. The highest BCUT2D eigenvalue weighted by Gasteiger charge is 2.24. The minimum Gasteiger partial charge on any atom is -0.383 e. The van der Waals surface area contributed by atoms with Crippen LogP contribution in [0.2, 0.25) is 0 Å². The predicted molar refractivity (Wildman–Crippen MR) is 71.5 cm³/mol. The summed E-state index contributed by atoms with van der Waals surface area (Å²) in [6, 6.07) is 3.12. The fraction of sp³-hybridized carbons (Fsp3) is 0.571. The van der Waals surface area contributed by atoms with Gasteiger partial charge in [0.2, 0.25) is 5.95 Å². The van der Waals surface area contributed by atoms with E-state index in [1.165, 1.54) is 12.3 Å². The molecule has 0 unspecified atom stereocenters. The van der Waals surface area contributed by atoms with E-state index in [-0.39, 0.29) is 17.5 Å². The van der Waals surface area contributed by atoms with Gasteiger partial charge in [0.15, 0.2) is 0 Å². The number of hydrogen-bond acceptors (Lipinski definition) is 3. The third-order valence-electron chi connectivity index (χ3n) is 3.17. The first-order valence-electron chi connectivity index (χ1n) is 6.56. The van der Waals surface area contributed by atoms with Gasteiger partial charge in [0.05, 0.1) is 12.2 Å². The van der Waals surface area contributed by atoms with Crippen molar-refractivity contribution in [2.45, 2.75) is 32.7 Å². The maximum absolute atomic E-state index is 13.6. The van der Waals surface area contributed by atoms with Gasteiger partial charge < -0.3 is 9.64 Å². The van der Waals surface area contributed by atoms with Crippen LogP contribution in [0.1, 0.15) is 37.0 Å². The van der Waals surface area contributed by atoms with Crippen LogP contribution in [0.5, 0.6) is 0 Å². The number of carbonyl (C=O) groups is 1. The molecule has 1 aromatic rings. The van der Waals surface area contributed by atoms with Crippen LogP contribution in [0, 0.1) is 5.95 Å². The van der Waals surface area contributed by atoms with Gasteiger partial charge in [-0.05, 0) is 25.0 Å². The van der Waals surface area contributed by atoms with Gasteiger partial charge in [-0.25, -0.2) is 4.98 Å². The topological polar surface area (TPSA) is 42.4 Å². The Kier molecular flexibility index (Phi) is 6.42. The zero-order valence-corrected chi connectivity index (χ0v) is 11.7. The maximum Gasteiger partial charge on any atom is 0.258 e. The molecule has 1 amide bonds. The monoisotopic (exact) mass is 268 g/mol. The van der Waals surface area contributed by atoms with E-state index in [4.69, 9.17) is 4.74 Å². The third-order valence-corrected chi connectivity index (χ3v) is 3.17. The highest BCUT2D eigenvalue weighted by atomic mass is 19.1. The molecule has 1 rings (SSSR count). The second-order valence-electron chi connectivity index (χ2n) is 4.30. The summed E-state index contributed by atoms with van der Waals surface area (Å²) in [5.74, 6) is -1.04. The molecule has 0 aliphatic heterocycles. The van der Waals surface area contributed by atoms with Crippen LogP contribution in [0.4, 0.5) is 4.39 Å². The fourth-order valence-electron chi connectivity index (χ4n) is 2.07. The lowest BCUT2D eigenvalue weighted by Gasteiger charge is -2.30. The Morgan fingerprint density at radius 3 is 2.68 bits per heavy atom. The highest BCUT2D eigenvalue weighted by molar-refractivity contribution is 5.94. The van der Waals surface area contributed by atoms with Gasteiger partial charge in [0.25, 0.3) is 5.91 Å². The molecular weight excluding hydrogens is 247 g/mol. The minimum absolute atomic E-state index is 0.0190. The SMILES string of the molecule is CCC(CC)N(CCOC)C(=O)c1cccnc1F. The summed E-state index contributed by atoms with van der Waals surface area (Å²) in [4.78, 5) is 17.6. The highest BCUT2D eigenvalue weighted by Crippen LogP contribution is 2.14. The summed E-state index contributed by atoms with van der Waals surface area (Å²) in [5, 5.41) is 0. The molecule has 0 aromatic carbocycles. The van der Waals surface area contributed by atoms with Crippen molar-refractivity contribution in [3.63, 3.8) is 0 Å². The molecule has 0 bridgehead atoms. The Balaban J connectivity index is 2.96. The standard InChI is InChI=1S/C14H21FN2O2/c1-4-11(5-2)17(9-10-19-3)14(18)12-7-6-8-16-13(12)15/h6-8,11H,4-5,9-10H2,1-3H3. The van der Waals surface area contributed by atoms with Crippen molar-refractivity contribution in [3.8, 4) is 0 Å². The summed E-state index contributed by atoms with van der Waals surface area (Å²) in [5.41, 5.74) is 0.0190. The molecule has 106 valence electrons. The number of ether oxygens (including phenoxy) is 1. The molecule has 5 heteroatoms. The minimum atomic E-state index is -0.721. The second kappa shape index (κ2) is 7.84. The molecule has 0 N–H and O–H groups in total. The summed E-state index contributed by atoms with van der Waals surface area (Å²) < 4.78 is 18.6. The van der Waals surface area contributed by atoms with Crippen LogP contribution < -0.4 is 0 Å². The number of pyridine rings is 1. The van der Waals surface area contributed by atoms with Crippen LogP contribution >= 0.6 is 0 Å². The van der Waals surface area contributed by atoms with Crippen LogP contribution in [0.25, 0.3) is 0 Å². The van der Waals surface area contributed by atoms with E-state index in [0.29, 0.717) is 13.2 Å². The number of aromatic nitrogens is 1. The van der Waals surface area contributed by atoms with Crippen LogP contribution in [-0.2, 0) is 4.74 Å². The van der Waals surface area contributed by atoms with Gasteiger partial charge in [-0.1, -0.05) is 13.8 Å². The Hall–Kier alpha value is -1.49. The fourth-order valence-corrected chi connectivity index (χ4v) is 2.07. The summed E-state index contributed by atoms with van der Waals surface area (Å²) >= 11 is 0. The smallest absolute Gasteiger partial charge is 0.258 e. The zero-order valence-electron chi connectivity index (χ0n) is 11.7. The first kappa shape index (κ1) is 15.6. The normalized spacial score (nSPS) is 10.8. The van der Waals surface area contributed by atoms with Crippen molar-refractivity contribution < 1.29 is 13.9 Å². The Bertz CT molecular complexity index is 408. The molecule has 0 saturated carbocycles. The van der Waals surface area contributed by atoms with Gasteiger partial charge in [-0.2, -0.15) is 4.39 Å². The van der Waals surface area contributed by atoms with Crippen LogP contribution in [-0.4, -0.2) is 42.1 Å². The number of amides is 1. The van der Waals surface area contributed by atoms with E-state index in [0.717, 1.165) is 12.8 Å². The van der Waals surface area contributed by atoms with E-state index in [2.05, 4.69) is 4.98 Å². The molecule has 0 spiro atoms. The lowest BCUT2D eigenvalue weighted by atomic mass is 10.1. The molecule has 0 atom stereocenters.